The number of aryl methyl sites for hydroxylation is 1. The Labute approximate surface area is 73.1 Å². The van der Waals surface area contributed by atoms with Gasteiger partial charge in [-0.3, -0.25) is 0 Å². The summed E-state index contributed by atoms with van der Waals surface area (Å²) in [5.41, 5.74) is 4.12. The van der Waals surface area contributed by atoms with E-state index in [0.29, 0.717) is 0 Å². The van der Waals surface area contributed by atoms with Crippen LogP contribution in [-0.4, -0.2) is 13.1 Å². The van der Waals surface area contributed by atoms with E-state index >= 15 is 0 Å². The van der Waals surface area contributed by atoms with Gasteiger partial charge in [-0.15, -0.1) is 0 Å². The fraction of sp³-hybridized carbons (Fsp3) is 0.273. The lowest BCUT2D eigenvalue weighted by Crippen LogP contribution is -2.07. The van der Waals surface area contributed by atoms with Crippen molar-refractivity contribution in [2.75, 3.05) is 13.1 Å². The number of hydrogen-bond acceptors (Lipinski definition) is 1. The summed E-state index contributed by atoms with van der Waals surface area (Å²) in [4.78, 5) is 0. The predicted octanol–water partition coefficient (Wildman–Crippen LogP) is 1.98. The molecule has 1 heterocycles. The zero-order valence-corrected chi connectivity index (χ0v) is 7.30. The smallest absolute Gasteiger partial charge is 0.0211 e. The first-order valence-electron chi connectivity index (χ1n) is 4.33. The van der Waals surface area contributed by atoms with Gasteiger partial charge >= 0.3 is 0 Å². The highest BCUT2D eigenvalue weighted by molar-refractivity contribution is 5.69. The Bertz CT molecular complexity index is 313. The van der Waals surface area contributed by atoms with Gasteiger partial charge in [-0.25, -0.2) is 0 Å². The molecule has 1 aliphatic rings. The third kappa shape index (κ3) is 1.41. The molecular formula is C11H13N. The molecule has 0 unspecified atom stereocenters. The van der Waals surface area contributed by atoms with E-state index in [1.165, 1.54) is 16.7 Å². The summed E-state index contributed by atoms with van der Waals surface area (Å²) >= 11 is 0. The SMILES string of the molecule is Cc1cccc(C2=CCNC2)c1. The number of hydrogen-bond donors (Lipinski definition) is 1. The van der Waals surface area contributed by atoms with Gasteiger partial charge in [-0.1, -0.05) is 35.9 Å². The van der Waals surface area contributed by atoms with E-state index in [1.807, 2.05) is 0 Å². The van der Waals surface area contributed by atoms with Crippen LogP contribution in [-0.2, 0) is 0 Å². The standard InChI is InChI=1S/C11H13N/c1-9-3-2-4-10(7-9)11-5-6-12-8-11/h2-5,7,12H,6,8H2,1H3. The number of nitrogens with one attached hydrogen (secondary N) is 1. The van der Waals surface area contributed by atoms with Crippen LogP contribution in [0.5, 0.6) is 0 Å². The average Bonchev–Trinajstić information content (AvgIpc) is 2.56. The molecule has 1 N–H and O–H groups in total. The van der Waals surface area contributed by atoms with E-state index in [9.17, 15) is 0 Å². The van der Waals surface area contributed by atoms with Crippen LogP contribution in [0.15, 0.2) is 30.3 Å². The minimum absolute atomic E-state index is 1.02. The van der Waals surface area contributed by atoms with E-state index in [2.05, 4.69) is 42.6 Å². The highest BCUT2D eigenvalue weighted by Gasteiger charge is 2.05. The molecule has 0 aliphatic carbocycles. The maximum atomic E-state index is 3.30. The minimum atomic E-state index is 1.02. The quantitative estimate of drug-likeness (QED) is 0.660. The molecule has 0 aromatic heterocycles. The molecule has 12 heavy (non-hydrogen) atoms. The number of rotatable bonds is 1. The van der Waals surface area contributed by atoms with E-state index in [4.69, 9.17) is 0 Å². The molecule has 1 aromatic carbocycles. The van der Waals surface area contributed by atoms with Crippen LogP contribution in [0.4, 0.5) is 0 Å². The van der Waals surface area contributed by atoms with Gasteiger partial charge in [0.05, 0.1) is 0 Å². The maximum Gasteiger partial charge on any atom is 0.0211 e. The van der Waals surface area contributed by atoms with Crippen molar-refractivity contribution in [1.29, 1.82) is 0 Å². The fourth-order valence-electron chi connectivity index (χ4n) is 1.54. The van der Waals surface area contributed by atoms with Crippen molar-refractivity contribution in [3.63, 3.8) is 0 Å². The van der Waals surface area contributed by atoms with Crippen LogP contribution in [0.2, 0.25) is 0 Å². The summed E-state index contributed by atoms with van der Waals surface area (Å²) < 4.78 is 0. The zero-order valence-electron chi connectivity index (χ0n) is 7.30. The van der Waals surface area contributed by atoms with Gasteiger partial charge in [0.15, 0.2) is 0 Å². The van der Waals surface area contributed by atoms with Crippen molar-refractivity contribution in [1.82, 2.24) is 5.32 Å². The first kappa shape index (κ1) is 7.56. The van der Waals surface area contributed by atoms with Crippen LogP contribution in [0.1, 0.15) is 11.1 Å². The topological polar surface area (TPSA) is 12.0 Å². The lowest BCUT2D eigenvalue weighted by Gasteiger charge is -2.02. The Morgan fingerprint density at radius 3 is 2.92 bits per heavy atom. The summed E-state index contributed by atoms with van der Waals surface area (Å²) in [6.45, 7) is 4.17. The summed E-state index contributed by atoms with van der Waals surface area (Å²) in [6, 6.07) is 8.65. The molecule has 0 atom stereocenters. The van der Waals surface area contributed by atoms with Crippen molar-refractivity contribution < 1.29 is 0 Å². The predicted molar refractivity (Wildman–Crippen MR) is 52.0 cm³/mol. The molecule has 1 heteroatoms. The van der Waals surface area contributed by atoms with Crippen LogP contribution in [0.3, 0.4) is 0 Å². The molecule has 1 aromatic rings. The molecule has 0 radical (unpaired) electrons. The second kappa shape index (κ2) is 3.11. The molecule has 0 bridgehead atoms. The van der Waals surface area contributed by atoms with Gasteiger partial charge in [0, 0.05) is 13.1 Å². The van der Waals surface area contributed by atoms with Gasteiger partial charge in [0.25, 0.3) is 0 Å². The molecule has 0 saturated carbocycles. The molecule has 1 aliphatic heterocycles. The van der Waals surface area contributed by atoms with Crippen LogP contribution in [0.25, 0.3) is 5.57 Å². The molecule has 62 valence electrons. The van der Waals surface area contributed by atoms with Crippen LogP contribution in [0, 0.1) is 6.92 Å². The average molecular weight is 159 g/mol. The van der Waals surface area contributed by atoms with Gasteiger partial charge < -0.3 is 5.32 Å². The zero-order chi connectivity index (χ0) is 8.39. The Morgan fingerprint density at radius 1 is 1.33 bits per heavy atom. The summed E-state index contributed by atoms with van der Waals surface area (Å²) in [5.74, 6) is 0. The molecule has 0 fully saturated rings. The van der Waals surface area contributed by atoms with Crippen molar-refractivity contribution in [2.24, 2.45) is 0 Å². The Balaban J connectivity index is 2.33. The molecule has 0 spiro atoms. The van der Waals surface area contributed by atoms with Crippen LogP contribution >= 0.6 is 0 Å². The maximum absolute atomic E-state index is 3.30. The largest absolute Gasteiger partial charge is 0.309 e. The van der Waals surface area contributed by atoms with Gasteiger partial charge in [0.1, 0.15) is 0 Å². The Kier molecular flexibility index (Phi) is 1.96. The molecule has 0 saturated heterocycles. The third-order valence-electron chi connectivity index (χ3n) is 2.20. The Hall–Kier alpha value is -1.08. The van der Waals surface area contributed by atoms with Crippen molar-refractivity contribution in [2.45, 2.75) is 6.92 Å². The molecular weight excluding hydrogens is 146 g/mol. The van der Waals surface area contributed by atoms with Crippen molar-refractivity contribution in [3.8, 4) is 0 Å². The normalized spacial score (nSPS) is 16.2. The molecule has 0 amide bonds. The summed E-state index contributed by atoms with van der Waals surface area (Å²) in [6.07, 6.45) is 2.26. The Morgan fingerprint density at radius 2 is 2.25 bits per heavy atom. The minimum Gasteiger partial charge on any atom is -0.309 e. The first-order valence-corrected chi connectivity index (χ1v) is 4.33. The summed E-state index contributed by atoms with van der Waals surface area (Å²) in [7, 11) is 0. The van der Waals surface area contributed by atoms with E-state index < -0.39 is 0 Å². The van der Waals surface area contributed by atoms with E-state index in [0.717, 1.165) is 13.1 Å². The highest BCUT2D eigenvalue weighted by atomic mass is 14.9. The lowest BCUT2D eigenvalue weighted by molar-refractivity contribution is 0.897. The van der Waals surface area contributed by atoms with E-state index in [-0.39, 0.29) is 0 Å². The molecule has 2 rings (SSSR count). The van der Waals surface area contributed by atoms with Gasteiger partial charge in [-0.05, 0) is 18.1 Å². The second-order valence-electron chi connectivity index (χ2n) is 3.23. The van der Waals surface area contributed by atoms with Crippen LogP contribution < -0.4 is 5.32 Å². The van der Waals surface area contributed by atoms with Gasteiger partial charge in [0.2, 0.25) is 0 Å². The van der Waals surface area contributed by atoms with Crippen molar-refractivity contribution in [3.05, 3.63) is 41.5 Å². The highest BCUT2D eigenvalue weighted by Crippen LogP contribution is 2.16. The monoisotopic (exact) mass is 159 g/mol. The van der Waals surface area contributed by atoms with E-state index in [1.54, 1.807) is 0 Å². The first-order chi connectivity index (χ1) is 5.86. The second-order valence-corrected chi connectivity index (χ2v) is 3.23. The third-order valence-corrected chi connectivity index (χ3v) is 2.20. The molecule has 1 nitrogen and oxygen atoms in total. The summed E-state index contributed by atoms with van der Waals surface area (Å²) in [5, 5.41) is 3.30. The lowest BCUT2D eigenvalue weighted by atomic mass is 10.0. The number of benzene rings is 1. The van der Waals surface area contributed by atoms with Gasteiger partial charge in [-0.2, -0.15) is 0 Å². The fourth-order valence-corrected chi connectivity index (χ4v) is 1.54. The van der Waals surface area contributed by atoms with Crippen molar-refractivity contribution >= 4 is 5.57 Å².